The van der Waals surface area contributed by atoms with Crippen LogP contribution in [0, 0.1) is 11.2 Å². The number of nitrogens with one attached hydrogen (secondary N) is 1. The third-order valence-corrected chi connectivity index (χ3v) is 9.60. The predicted molar refractivity (Wildman–Crippen MR) is 139 cm³/mol. The predicted octanol–water partition coefficient (Wildman–Crippen LogP) is 2.39. The van der Waals surface area contributed by atoms with Gasteiger partial charge in [-0.25, -0.2) is 12.8 Å². The maximum Gasteiger partial charge on any atom is 0.309 e. The number of carbonyl (C=O) groups is 3. The summed E-state index contributed by atoms with van der Waals surface area (Å²) in [5, 5.41) is 12.3. The summed E-state index contributed by atoms with van der Waals surface area (Å²) in [6.45, 7) is 3.69. The lowest BCUT2D eigenvalue weighted by molar-refractivity contribution is -0.154. The number of ether oxygens (including phenoxy) is 1. The maximum atomic E-state index is 15.2. The van der Waals surface area contributed by atoms with Crippen LogP contribution in [0.25, 0.3) is 0 Å². The highest BCUT2D eigenvalue weighted by Crippen LogP contribution is 2.61. The van der Waals surface area contributed by atoms with Gasteiger partial charge in [-0.3, -0.25) is 14.4 Å². The molecular formula is C27H30FN3O7S. The van der Waals surface area contributed by atoms with E-state index in [1.165, 1.54) is 0 Å². The van der Waals surface area contributed by atoms with Gasteiger partial charge in [0.15, 0.2) is 9.84 Å². The minimum Gasteiger partial charge on any atom is -0.491 e. The number of hydrogen-bond acceptors (Lipinski definition) is 7. The number of hydrogen-bond donors (Lipinski definition) is 3. The Bertz CT molecular complexity index is 1470. The van der Waals surface area contributed by atoms with E-state index in [0.29, 0.717) is 24.2 Å². The van der Waals surface area contributed by atoms with E-state index in [4.69, 9.17) is 10.5 Å². The monoisotopic (exact) mass is 559 g/mol. The molecule has 0 aromatic heterocycles. The normalized spacial score (nSPS) is 26.9. The van der Waals surface area contributed by atoms with Gasteiger partial charge in [0.25, 0.3) is 5.91 Å². The summed E-state index contributed by atoms with van der Waals surface area (Å²) in [4.78, 5) is 38.8. The van der Waals surface area contributed by atoms with Gasteiger partial charge in [0.05, 0.1) is 46.0 Å². The summed E-state index contributed by atoms with van der Waals surface area (Å²) in [6.07, 6.45) is 1.31. The number of nitrogens with zero attached hydrogens (tertiary/aromatic N) is 1. The first-order chi connectivity index (χ1) is 18.2. The fraction of sp³-hybridized carbons (Fsp3) is 0.444. The standard InChI is InChI=1S/C27H30FN3O7S/c1-15(2)38-17-5-3-16(4-6-17)11-31-21-9-18(19(28)10-22(21)39(36,37)12-20(29)24(31)33)23(32)30-27-8-7-26(13-27,14-27)25(34)35/h3-6,9-10,15,20H,7-8,11-14,29H2,1-2H3,(H,30,32)(H,34,35)/t20-,26?,27?/m0/s1. The highest BCUT2D eigenvalue weighted by atomic mass is 32.2. The van der Waals surface area contributed by atoms with Crippen molar-refractivity contribution in [1.29, 1.82) is 0 Å². The zero-order chi connectivity index (χ0) is 28.3. The van der Waals surface area contributed by atoms with Gasteiger partial charge < -0.3 is 25.8 Å². The maximum absolute atomic E-state index is 15.2. The lowest BCUT2D eigenvalue weighted by atomic mass is 9.65. The van der Waals surface area contributed by atoms with E-state index in [9.17, 15) is 27.9 Å². The van der Waals surface area contributed by atoms with Crippen LogP contribution in [-0.4, -0.2) is 54.7 Å². The van der Waals surface area contributed by atoms with Crippen LogP contribution < -0.4 is 20.7 Å². The molecule has 2 bridgehead atoms. The van der Waals surface area contributed by atoms with E-state index >= 15 is 4.39 Å². The van der Waals surface area contributed by atoms with Gasteiger partial charge in [-0.15, -0.1) is 0 Å². The van der Waals surface area contributed by atoms with Gasteiger partial charge in [0.1, 0.15) is 11.6 Å². The summed E-state index contributed by atoms with van der Waals surface area (Å²) < 4.78 is 47.0. The van der Waals surface area contributed by atoms with E-state index in [1.807, 2.05) is 13.8 Å². The van der Waals surface area contributed by atoms with Crippen molar-refractivity contribution in [3.05, 3.63) is 53.3 Å². The van der Waals surface area contributed by atoms with Crippen molar-refractivity contribution in [3.8, 4) is 5.75 Å². The summed E-state index contributed by atoms with van der Waals surface area (Å²) in [5.74, 6) is -3.55. The summed E-state index contributed by atoms with van der Waals surface area (Å²) in [7, 11) is -4.16. The highest BCUT2D eigenvalue weighted by molar-refractivity contribution is 7.91. The number of fused-ring (bicyclic) bond motifs is 2. The van der Waals surface area contributed by atoms with Crippen LogP contribution in [0.1, 0.15) is 55.5 Å². The average molecular weight is 560 g/mol. The molecule has 1 aliphatic heterocycles. The van der Waals surface area contributed by atoms with Crippen molar-refractivity contribution in [2.24, 2.45) is 11.1 Å². The van der Waals surface area contributed by atoms with Crippen LogP contribution >= 0.6 is 0 Å². The first-order valence-electron chi connectivity index (χ1n) is 12.7. The molecule has 1 atom stereocenters. The Balaban J connectivity index is 1.49. The van der Waals surface area contributed by atoms with Gasteiger partial charge in [-0.1, -0.05) is 12.1 Å². The van der Waals surface area contributed by atoms with Crippen LogP contribution in [0.5, 0.6) is 5.75 Å². The van der Waals surface area contributed by atoms with Crippen molar-refractivity contribution in [1.82, 2.24) is 5.32 Å². The number of carboxylic acids is 1. The third-order valence-electron chi connectivity index (χ3n) is 7.81. The van der Waals surface area contributed by atoms with E-state index < -0.39 is 66.6 Å². The van der Waals surface area contributed by atoms with E-state index in [2.05, 4.69) is 5.32 Å². The second-order valence-electron chi connectivity index (χ2n) is 11.1. The molecule has 3 aliphatic carbocycles. The Hall–Kier alpha value is -3.51. The first kappa shape index (κ1) is 27.1. The Morgan fingerprint density at radius 3 is 2.46 bits per heavy atom. The van der Waals surface area contributed by atoms with Gasteiger partial charge in [-0.2, -0.15) is 0 Å². The smallest absolute Gasteiger partial charge is 0.309 e. The number of carboxylic acid groups (broad SMARTS) is 1. The fourth-order valence-corrected chi connectivity index (χ4v) is 7.54. The number of benzene rings is 2. The number of sulfone groups is 1. The molecule has 12 heteroatoms. The topological polar surface area (TPSA) is 156 Å². The van der Waals surface area contributed by atoms with E-state index in [1.54, 1.807) is 24.3 Å². The Morgan fingerprint density at radius 2 is 1.87 bits per heavy atom. The van der Waals surface area contributed by atoms with Gasteiger partial charge in [0.2, 0.25) is 5.91 Å². The molecule has 0 spiro atoms. The van der Waals surface area contributed by atoms with Crippen molar-refractivity contribution < 1.29 is 37.0 Å². The van der Waals surface area contributed by atoms with Crippen LogP contribution in [0.3, 0.4) is 0 Å². The minimum atomic E-state index is -4.16. The van der Waals surface area contributed by atoms with Crippen molar-refractivity contribution in [2.75, 3.05) is 10.7 Å². The molecule has 10 nitrogen and oxygen atoms in total. The molecule has 3 saturated carbocycles. The molecule has 4 aliphatic rings. The molecule has 2 amide bonds. The molecule has 4 N–H and O–H groups in total. The Kier molecular flexibility index (Phi) is 6.46. The molecule has 39 heavy (non-hydrogen) atoms. The van der Waals surface area contributed by atoms with Crippen molar-refractivity contribution >= 4 is 33.3 Å². The quantitative estimate of drug-likeness (QED) is 0.467. The number of rotatable bonds is 7. The average Bonchev–Trinajstić information content (AvgIpc) is 3.37. The SMILES string of the molecule is CC(C)Oc1ccc(CN2C(=O)[C@@H](N)CS(=O)(=O)c3cc(F)c(C(=O)NC45CCC(C(=O)O)(C4)C5)cc32)cc1. The second-order valence-corrected chi connectivity index (χ2v) is 13.1. The number of aliphatic carboxylic acids is 1. The Labute approximate surface area is 225 Å². The van der Waals surface area contributed by atoms with Crippen LogP contribution in [0.2, 0.25) is 0 Å². The lowest BCUT2D eigenvalue weighted by Gasteiger charge is -2.45. The molecule has 208 valence electrons. The number of amides is 2. The molecular weight excluding hydrogens is 529 g/mol. The van der Waals surface area contributed by atoms with Gasteiger partial charge in [-0.05, 0) is 69.4 Å². The van der Waals surface area contributed by atoms with Crippen molar-refractivity contribution in [2.45, 2.75) is 68.7 Å². The number of nitrogens with two attached hydrogens (primary N) is 1. The van der Waals surface area contributed by atoms with Crippen LogP contribution in [0.4, 0.5) is 10.1 Å². The third kappa shape index (κ3) is 4.76. The Morgan fingerprint density at radius 1 is 1.21 bits per heavy atom. The van der Waals surface area contributed by atoms with Gasteiger partial charge >= 0.3 is 5.97 Å². The number of halogens is 1. The van der Waals surface area contributed by atoms with E-state index in [0.717, 1.165) is 17.0 Å². The highest BCUT2D eigenvalue weighted by Gasteiger charge is 2.65. The second kappa shape index (κ2) is 9.30. The molecule has 0 radical (unpaired) electrons. The zero-order valence-electron chi connectivity index (χ0n) is 21.6. The minimum absolute atomic E-state index is 0.0400. The van der Waals surface area contributed by atoms with Crippen LogP contribution in [-0.2, 0) is 26.0 Å². The number of anilines is 1. The molecule has 0 saturated heterocycles. The lowest BCUT2D eigenvalue weighted by Crippen LogP contribution is -2.57. The molecule has 2 aromatic rings. The molecule has 2 aromatic carbocycles. The molecule has 3 fully saturated rings. The molecule has 0 unspecified atom stereocenters. The zero-order valence-corrected chi connectivity index (χ0v) is 22.4. The number of carbonyl (C=O) groups excluding carboxylic acids is 2. The summed E-state index contributed by atoms with van der Waals surface area (Å²) in [5.41, 5.74) is 4.38. The summed E-state index contributed by atoms with van der Waals surface area (Å²) >= 11 is 0. The molecule has 6 rings (SSSR count). The largest absolute Gasteiger partial charge is 0.491 e. The first-order valence-corrected chi connectivity index (χ1v) is 14.3. The fourth-order valence-electron chi connectivity index (χ4n) is 5.98. The van der Waals surface area contributed by atoms with Crippen LogP contribution in [0.15, 0.2) is 41.3 Å². The van der Waals surface area contributed by atoms with E-state index in [-0.39, 0.29) is 31.2 Å². The summed E-state index contributed by atoms with van der Waals surface area (Å²) in [6, 6.07) is 7.31. The van der Waals surface area contributed by atoms with Gasteiger partial charge in [0, 0.05) is 5.54 Å². The van der Waals surface area contributed by atoms with Crippen molar-refractivity contribution in [3.63, 3.8) is 0 Å². The molecule has 1 heterocycles.